The van der Waals surface area contributed by atoms with Crippen LogP contribution in [-0.4, -0.2) is 10.9 Å². The molecule has 0 aliphatic heterocycles. The summed E-state index contributed by atoms with van der Waals surface area (Å²) >= 11 is 5.91. The Kier molecular flexibility index (Phi) is 3.81. The molecule has 2 aromatic rings. The number of hydrogen-bond donors (Lipinski definition) is 1. The topological polar surface area (TPSA) is 42.0 Å². The zero-order chi connectivity index (χ0) is 14.0. The minimum Gasteiger partial charge on any atom is -0.319 e. The van der Waals surface area contributed by atoms with E-state index in [9.17, 15) is 9.18 Å². The summed E-state index contributed by atoms with van der Waals surface area (Å²) in [7, 11) is 0. The third kappa shape index (κ3) is 2.90. The molecule has 0 radical (unpaired) electrons. The molecule has 0 unspecified atom stereocenters. The van der Waals surface area contributed by atoms with E-state index < -0.39 is 11.7 Å². The van der Waals surface area contributed by atoms with Crippen LogP contribution in [0.2, 0.25) is 5.15 Å². The number of nitrogens with one attached hydrogen (secondary N) is 1. The van der Waals surface area contributed by atoms with E-state index in [-0.39, 0.29) is 10.7 Å². The van der Waals surface area contributed by atoms with Gasteiger partial charge in [-0.2, -0.15) is 0 Å². The number of benzene rings is 1. The fraction of sp³-hybridized carbons (Fsp3) is 0.143. The van der Waals surface area contributed by atoms with Gasteiger partial charge in [0.2, 0.25) is 0 Å². The van der Waals surface area contributed by atoms with Crippen LogP contribution in [0.3, 0.4) is 0 Å². The Hall–Kier alpha value is -1.94. The highest BCUT2D eigenvalue weighted by Gasteiger charge is 2.14. The summed E-state index contributed by atoms with van der Waals surface area (Å²) in [4.78, 5) is 15.9. The first-order chi connectivity index (χ1) is 8.99. The van der Waals surface area contributed by atoms with Crippen LogP contribution >= 0.6 is 11.6 Å². The predicted molar refractivity (Wildman–Crippen MR) is 73.1 cm³/mol. The number of rotatable bonds is 2. The van der Waals surface area contributed by atoms with Gasteiger partial charge >= 0.3 is 0 Å². The predicted octanol–water partition coefficient (Wildman–Crippen LogP) is 3.74. The fourth-order valence-corrected chi connectivity index (χ4v) is 1.91. The standard InChI is InChI=1S/C14H12ClFN2O/c1-8-3-4-10(11(16)7-8)14(19)18-12-9(2)5-6-17-13(12)15/h3-7H,1-2H3,(H,18,19). The molecule has 0 saturated heterocycles. The number of amides is 1. The lowest BCUT2D eigenvalue weighted by molar-refractivity contribution is 0.102. The lowest BCUT2D eigenvalue weighted by atomic mass is 10.1. The molecular formula is C14H12ClFN2O. The molecule has 0 aliphatic rings. The van der Waals surface area contributed by atoms with Crippen molar-refractivity contribution in [3.05, 3.63) is 58.1 Å². The maximum absolute atomic E-state index is 13.7. The van der Waals surface area contributed by atoms with Crippen LogP contribution in [0.15, 0.2) is 30.5 Å². The largest absolute Gasteiger partial charge is 0.319 e. The first-order valence-corrected chi connectivity index (χ1v) is 6.05. The second kappa shape index (κ2) is 5.36. The van der Waals surface area contributed by atoms with E-state index in [1.54, 1.807) is 32.2 Å². The Morgan fingerprint density at radius 3 is 2.68 bits per heavy atom. The average molecular weight is 279 g/mol. The van der Waals surface area contributed by atoms with Crippen LogP contribution < -0.4 is 5.32 Å². The third-order valence-corrected chi connectivity index (χ3v) is 3.01. The number of halogens is 2. The fourth-order valence-electron chi connectivity index (χ4n) is 1.66. The van der Waals surface area contributed by atoms with Crippen molar-refractivity contribution in [2.75, 3.05) is 5.32 Å². The zero-order valence-corrected chi connectivity index (χ0v) is 11.3. The molecule has 19 heavy (non-hydrogen) atoms. The summed E-state index contributed by atoms with van der Waals surface area (Å²) in [5.41, 5.74) is 1.89. The van der Waals surface area contributed by atoms with E-state index >= 15 is 0 Å². The van der Waals surface area contributed by atoms with Crippen LogP contribution in [-0.2, 0) is 0 Å². The molecule has 1 aromatic carbocycles. The zero-order valence-electron chi connectivity index (χ0n) is 10.5. The first-order valence-electron chi connectivity index (χ1n) is 5.67. The van der Waals surface area contributed by atoms with E-state index in [0.29, 0.717) is 5.69 Å². The third-order valence-electron chi connectivity index (χ3n) is 2.72. The average Bonchev–Trinajstić information content (AvgIpc) is 2.33. The highest BCUT2D eigenvalue weighted by molar-refractivity contribution is 6.32. The molecule has 98 valence electrons. The van der Waals surface area contributed by atoms with Crippen molar-refractivity contribution < 1.29 is 9.18 Å². The normalized spacial score (nSPS) is 10.3. The molecule has 5 heteroatoms. The quantitative estimate of drug-likeness (QED) is 0.850. The number of carbonyl (C=O) groups excluding carboxylic acids is 1. The minimum atomic E-state index is -0.560. The molecule has 3 nitrogen and oxygen atoms in total. The van der Waals surface area contributed by atoms with Crippen molar-refractivity contribution in [2.45, 2.75) is 13.8 Å². The number of nitrogens with zero attached hydrogens (tertiary/aromatic N) is 1. The number of aryl methyl sites for hydroxylation is 2. The van der Waals surface area contributed by atoms with Crippen LogP contribution in [0.5, 0.6) is 0 Å². The minimum absolute atomic E-state index is 0.0232. The van der Waals surface area contributed by atoms with E-state index in [0.717, 1.165) is 11.1 Å². The van der Waals surface area contributed by atoms with Crippen molar-refractivity contribution in [2.24, 2.45) is 0 Å². The van der Waals surface area contributed by atoms with Crippen molar-refractivity contribution in [3.8, 4) is 0 Å². The molecule has 0 fully saturated rings. The molecule has 0 spiro atoms. The maximum atomic E-state index is 13.7. The smallest absolute Gasteiger partial charge is 0.258 e. The summed E-state index contributed by atoms with van der Waals surface area (Å²) in [5.74, 6) is -1.11. The molecule has 1 aromatic heterocycles. The van der Waals surface area contributed by atoms with Crippen molar-refractivity contribution >= 4 is 23.2 Å². The molecule has 0 atom stereocenters. The van der Waals surface area contributed by atoms with Crippen LogP contribution in [0.1, 0.15) is 21.5 Å². The van der Waals surface area contributed by atoms with Gasteiger partial charge in [-0.15, -0.1) is 0 Å². The molecule has 0 saturated carbocycles. The van der Waals surface area contributed by atoms with E-state index in [1.807, 2.05) is 0 Å². The van der Waals surface area contributed by atoms with Crippen LogP contribution in [0.25, 0.3) is 0 Å². The summed E-state index contributed by atoms with van der Waals surface area (Å²) in [6.07, 6.45) is 1.54. The SMILES string of the molecule is Cc1ccc(C(=O)Nc2c(C)ccnc2Cl)c(F)c1. The lowest BCUT2D eigenvalue weighted by Gasteiger charge is -2.10. The van der Waals surface area contributed by atoms with E-state index in [1.165, 1.54) is 12.1 Å². The van der Waals surface area contributed by atoms with Gasteiger partial charge in [-0.05, 0) is 43.2 Å². The monoisotopic (exact) mass is 278 g/mol. The molecule has 0 bridgehead atoms. The van der Waals surface area contributed by atoms with Gasteiger partial charge in [0, 0.05) is 6.20 Å². The van der Waals surface area contributed by atoms with Gasteiger partial charge < -0.3 is 5.32 Å². The molecule has 2 rings (SSSR count). The number of carbonyl (C=O) groups is 1. The number of anilines is 1. The summed E-state index contributed by atoms with van der Waals surface area (Å²) in [5, 5.41) is 2.76. The molecule has 0 aliphatic carbocycles. The molecule has 1 N–H and O–H groups in total. The maximum Gasteiger partial charge on any atom is 0.258 e. The van der Waals surface area contributed by atoms with Gasteiger partial charge in [0.1, 0.15) is 5.82 Å². The highest BCUT2D eigenvalue weighted by Crippen LogP contribution is 2.23. The van der Waals surface area contributed by atoms with Crippen molar-refractivity contribution in [1.82, 2.24) is 4.98 Å². The second-order valence-electron chi connectivity index (χ2n) is 4.23. The van der Waals surface area contributed by atoms with Gasteiger partial charge in [-0.1, -0.05) is 17.7 Å². The highest BCUT2D eigenvalue weighted by atomic mass is 35.5. The number of pyridine rings is 1. The Morgan fingerprint density at radius 2 is 2.05 bits per heavy atom. The Balaban J connectivity index is 2.31. The molecular weight excluding hydrogens is 267 g/mol. The summed E-state index contributed by atoms with van der Waals surface area (Å²) < 4.78 is 13.7. The van der Waals surface area contributed by atoms with Gasteiger partial charge in [0.15, 0.2) is 5.15 Å². The van der Waals surface area contributed by atoms with Crippen molar-refractivity contribution in [1.29, 1.82) is 0 Å². The van der Waals surface area contributed by atoms with Gasteiger partial charge in [-0.3, -0.25) is 4.79 Å². The van der Waals surface area contributed by atoms with E-state index in [2.05, 4.69) is 10.3 Å². The number of hydrogen-bond acceptors (Lipinski definition) is 2. The Bertz CT molecular complexity index is 623. The van der Waals surface area contributed by atoms with Gasteiger partial charge in [0.25, 0.3) is 5.91 Å². The second-order valence-corrected chi connectivity index (χ2v) is 4.59. The summed E-state index contributed by atoms with van der Waals surface area (Å²) in [6.45, 7) is 3.54. The lowest BCUT2D eigenvalue weighted by Crippen LogP contribution is -2.15. The molecule has 1 amide bonds. The number of aromatic nitrogens is 1. The Morgan fingerprint density at radius 1 is 1.32 bits per heavy atom. The molecule has 1 heterocycles. The summed E-state index contributed by atoms with van der Waals surface area (Å²) in [6, 6.07) is 6.15. The van der Waals surface area contributed by atoms with Gasteiger partial charge in [0.05, 0.1) is 11.3 Å². The van der Waals surface area contributed by atoms with Crippen LogP contribution in [0, 0.1) is 19.7 Å². The first kappa shape index (κ1) is 13.5. The van der Waals surface area contributed by atoms with Gasteiger partial charge in [-0.25, -0.2) is 9.37 Å². The Labute approximate surface area is 115 Å². The van der Waals surface area contributed by atoms with Crippen LogP contribution in [0.4, 0.5) is 10.1 Å². The van der Waals surface area contributed by atoms with Crippen molar-refractivity contribution in [3.63, 3.8) is 0 Å². The van der Waals surface area contributed by atoms with E-state index in [4.69, 9.17) is 11.6 Å².